The molecule has 1 aromatic rings. The van der Waals surface area contributed by atoms with Crippen molar-refractivity contribution in [1.82, 2.24) is 9.97 Å². The number of primary amides is 1. The van der Waals surface area contributed by atoms with E-state index in [2.05, 4.69) is 22.2 Å². The summed E-state index contributed by atoms with van der Waals surface area (Å²) >= 11 is 0. The van der Waals surface area contributed by atoms with Crippen molar-refractivity contribution < 1.29 is 9.90 Å². The normalized spacial score (nSPS) is 26.2. The van der Waals surface area contributed by atoms with Gasteiger partial charge in [-0.05, 0) is 57.8 Å². The van der Waals surface area contributed by atoms with E-state index in [4.69, 9.17) is 5.73 Å². The van der Waals surface area contributed by atoms with E-state index in [-0.39, 0.29) is 11.6 Å². The van der Waals surface area contributed by atoms with Gasteiger partial charge in [-0.2, -0.15) is 0 Å². The molecule has 2 aliphatic carbocycles. The molecule has 6 nitrogen and oxygen atoms in total. The second-order valence-corrected chi connectivity index (χ2v) is 7.70. The number of nitrogens with one attached hydrogen (secondary N) is 1. The standard InChI is InChI=1S/C18H28N4O2/c1-18(7-4-8-18)22-17-20-11-14(16(19)24)15(21-17)10-12-5-2-3-6-13(23)9-12/h11-13,23H,2-10H2,1H3,(H2,19,24)(H,20,21,22)/t12-,13+/m1/s1. The van der Waals surface area contributed by atoms with Crippen LogP contribution in [-0.4, -0.2) is 32.6 Å². The fourth-order valence-corrected chi connectivity index (χ4v) is 3.83. The van der Waals surface area contributed by atoms with Gasteiger partial charge < -0.3 is 16.2 Å². The molecule has 24 heavy (non-hydrogen) atoms. The molecule has 3 rings (SSSR count). The van der Waals surface area contributed by atoms with Crippen LogP contribution in [-0.2, 0) is 6.42 Å². The van der Waals surface area contributed by atoms with Gasteiger partial charge in [-0.1, -0.05) is 12.8 Å². The van der Waals surface area contributed by atoms with Crippen LogP contribution in [0.2, 0.25) is 0 Å². The summed E-state index contributed by atoms with van der Waals surface area (Å²) < 4.78 is 0. The molecule has 1 heterocycles. The Morgan fingerprint density at radius 3 is 2.79 bits per heavy atom. The highest BCUT2D eigenvalue weighted by Gasteiger charge is 2.32. The Hall–Kier alpha value is -1.69. The van der Waals surface area contributed by atoms with E-state index >= 15 is 0 Å². The van der Waals surface area contributed by atoms with E-state index in [1.54, 1.807) is 6.20 Å². The monoisotopic (exact) mass is 332 g/mol. The molecule has 1 amide bonds. The van der Waals surface area contributed by atoms with Crippen molar-refractivity contribution in [1.29, 1.82) is 0 Å². The average molecular weight is 332 g/mol. The van der Waals surface area contributed by atoms with Gasteiger partial charge in [0.05, 0.1) is 17.4 Å². The van der Waals surface area contributed by atoms with E-state index in [1.165, 1.54) is 6.42 Å². The number of carbonyl (C=O) groups excluding carboxylic acids is 1. The average Bonchev–Trinajstić information content (AvgIpc) is 2.69. The second-order valence-electron chi connectivity index (χ2n) is 7.70. The van der Waals surface area contributed by atoms with Crippen LogP contribution in [0.3, 0.4) is 0 Å². The Kier molecular flexibility index (Phi) is 5.04. The summed E-state index contributed by atoms with van der Waals surface area (Å²) in [5, 5.41) is 13.4. The lowest BCUT2D eigenvalue weighted by Gasteiger charge is -2.39. The summed E-state index contributed by atoms with van der Waals surface area (Å²) in [4.78, 5) is 20.6. The van der Waals surface area contributed by atoms with Crippen molar-refractivity contribution in [2.45, 2.75) is 76.4 Å². The predicted molar refractivity (Wildman–Crippen MR) is 92.7 cm³/mol. The highest BCUT2D eigenvalue weighted by atomic mass is 16.3. The molecule has 4 N–H and O–H groups in total. The van der Waals surface area contributed by atoms with Crippen molar-refractivity contribution >= 4 is 11.9 Å². The number of hydrogen-bond acceptors (Lipinski definition) is 5. The van der Waals surface area contributed by atoms with Crippen molar-refractivity contribution in [3.05, 3.63) is 17.5 Å². The third-order valence-corrected chi connectivity index (χ3v) is 5.49. The van der Waals surface area contributed by atoms with Crippen LogP contribution in [0.25, 0.3) is 0 Å². The summed E-state index contributed by atoms with van der Waals surface area (Å²) in [6.07, 6.45) is 10.3. The lowest BCUT2D eigenvalue weighted by Crippen LogP contribution is -2.42. The molecule has 2 atom stereocenters. The minimum absolute atomic E-state index is 0.0595. The van der Waals surface area contributed by atoms with Crippen LogP contribution in [0, 0.1) is 5.92 Å². The largest absolute Gasteiger partial charge is 0.393 e. The van der Waals surface area contributed by atoms with Gasteiger partial charge >= 0.3 is 0 Å². The first kappa shape index (κ1) is 17.1. The number of amides is 1. The molecule has 0 aliphatic heterocycles. The molecule has 0 saturated heterocycles. The molecule has 2 fully saturated rings. The van der Waals surface area contributed by atoms with Crippen molar-refractivity contribution in [2.75, 3.05) is 5.32 Å². The van der Waals surface area contributed by atoms with Crippen LogP contribution in [0.1, 0.15) is 74.3 Å². The zero-order chi connectivity index (χ0) is 17.2. The summed E-state index contributed by atoms with van der Waals surface area (Å²) in [7, 11) is 0. The molecular formula is C18H28N4O2. The van der Waals surface area contributed by atoms with Crippen LogP contribution >= 0.6 is 0 Å². The number of nitrogens with zero attached hydrogens (tertiary/aromatic N) is 2. The molecule has 2 aliphatic rings. The molecule has 0 spiro atoms. The molecule has 132 valence electrons. The number of anilines is 1. The molecule has 0 bridgehead atoms. The van der Waals surface area contributed by atoms with Crippen molar-refractivity contribution in [3.8, 4) is 0 Å². The number of rotatable bonds is 5. The van der Waals surface area contributed by atoms with Crippen LogP contribution in [0.15, 0.2) is 6.20 Å². The number of aromatic nitrogens is 2. The Bertz CT molecular complexity index is 601. The zero-order valence-electron chi connectivity index (χ0n) is 14.4. The van der Waals surface area contributed by atoms with Gasteiger partial charge in [0.2, 0.25) is 5.95 Å². The Morgan fingerprint density at radius 2 is 2.12 bits per heavy atom. The highest BCUT2D eigenvalue weighted by Crippen LogP contribution is 2.34. The quantitative estimate of drug-likeness (QED) is 0.719. The topological polar surface area (TPSA) is 101 Å². The van der Waals surface area contributed by atoms with Gasteiger partial charge in [-0.3, -0.25) is 4.79 Å². The van der Waals surface area contributed by atoms with Gasteiger partial charge in [-0.15, -0.1) is 0 Å². The van der Waals surface area contributed by atoms with E-state index in [9.17, 15) is 9.90 Å². The van der Waals surface area contributed by atoms with Crippen molar-refractivity contribution in [2.24, 2.45) is 11.7 Å². The number of carbonyl (C=O) groups is 1. The van der Waals surface area contributed by atoms with E-state index in [0.29, 0.717) is 29.5 Å². The van der Waals surface area contributed by atoms with E-state index in [0.717, 1.165) is 44.9 Å². The first-order valence-corrected chi connectivity index (χ1v) is 9.07. The van der Waals surface area contributed by atoms with Gasteiger partial charge in [0, 0.05) is 11.7 Å². The molecule has 6 heteroatoms. The highest BCUT2D eigenvalue weighted by molar-refractivity contribution is 5.93. The van der Waals surface area contributed by atoms with Crippen LogP contribution in [0.4, 0.5) is 5.95 Å². The third-order valence-electron chi connectivity index (χ3n) is 5.49. The summed E-state index contributed by atoms with van der Waals surface area (Å²) in [5.41, 5.74) is 6.67. The number of aliphatic hydroxyl groups is 1. The molecule has 0 radical (unpaired) electrons. The summed E-state index contributed by atoms with van der Waals surface area (Å²) in [6, 6.07) is 0. The molecule has 0 aromatic carbocycles. The summed E-state index contributed by atoms with van der Waals surface area (Å²) in [6.45, 7) is 2.17. The van der Waals surface area contributed by atoms with Crippen LogP contribution in [0.5, 0.6) is 0 Å². The molecule has 0 unspecified atom stereocenters. The second kappa shape index (κ2) is 7.05. The molecule has 1 aromatic heterocycles. The van der Waals surface area contributed by atoms with E-state index < -0.39 is 5.91 Å². The Morgan fingerprint density at radius 1 is 1.38 bits per heavy atom. The fourth-order valence-electron chi connectivity index (χ4n) is 3.83. The SMILES string of the molecule is CC1(Nc2ncc(C(N)=O)c(C[C@@H]3CCCC[C@H](O)C3)n2)CCC1. The Labute approximate surface area is 143 Å². The first-order valence-electron chi connectivity index (χ1n) is 9.07. The van der Waals surface area contributed by atoms with Crippen LogP contribution < -0.4 is 11.1 Å². The molecular weight excluding hydrogens is 304 g/mol. The van der Waals surface area contributed by atoms with Gasteiger partial charge in [-0.25, -0.2) is 9.97 Å². The predicted octanol–water partition coefficient (Wildman–Crippen LogP) is 2.41. The number of nitrogens with two attached hydrogens (primary N) is 1. The van der Waals surface area contributed by atoms with Gasteiger partial charge in [0.15, 0.2) is 0 Å². The maximum atomic E-state index is 11.7. The maximum Gasteiger partial charge on any atom is 0.252 e. The third kappa shape index (κ3) is 4.04. The van der Waals surface area contributed by atoms with Gasteiger partial charge in [0.25, 0.3) is 5.91 Å². The summed E-state index contributed by atoms with van der Waals surface area (Å²) in [5.74, 6) is 0.426. The van der Waals surface area contributed by atoms with Gasteiger partial charge in [0.1, 0.15) is 0 Å². The van der Waals surface area contributed by atoms with Crippen molar-refractivity contribution in [3.63, 3.8) is 0 Å². The lowest BCUT2D eigenvalue weighted by molar-refractivity contribution is 0.0998. The minimum atomic E-state index is -0.486. The van der Waals surface area contributed by atoms with E-state index in [1.807, 2.05) is 0 Å². The fraction of sp³-hybridized carbons (Fsp3) is 0.722. The smallest absolute Gasteiger partial charge is 0.252 e. The number of aliphatic hydroxyl groups excluding tert-OH is 1. The Balaban J connectivity index is 1.78. The zero-order valence-corrected chi connectivity index (χ0v) is 14.4. The minimum Gasteiger partial charge on any atom is -0.393 e. The lowest BCUT2D eigenvalue weighted by atomic mass is 9.79. The maximum absolute atomic E-state index is 11.7. The first-order chi connectivity index (χ1) is 11.5. The molecule has 2 saturated carbocycles. The number of hydrogen-bond donors (Lipinski definition) is 3.